The fourth-order valence-electron chi connectivity index (χ4n) is 6.75. The van der Waals surface area contributed by atoms with Gasteiger partial charge in [-0.3, -0.25) is 9.59 Å². The second kappa shape index (κ2) is 20.8. The fraction of sp³-hybridized carbons (Fsp3) is 0.143. The van der Waals surface area contributed by atoms with Crippen LogP contribution < -0.4 is 21.1 Å². The van der Waals surface area contributed by atoms with Crippen LogP contribution in [-0.4, -0.2) is 69.4 Å². The number of pyridine rings is 4. The molecule has 0 amide bonds. The van der Waals surface area contributed by atoms with Crippen molar-refractivity contribution in [2.45, 2.75) is 20.5 Å². The van der Waals surface area contributed by atoms with E-state index in [4.69, 9.17) is 0 Å². The van der Waals surface area contributed by atoms with E-state index in [1.54, 1.807) is 24.4 Å². The minimum absolute atomic E-state index is 0. The molecule has 0 aliphatic rings. The predicted octanol–water partition coefficient (Wildman–Crippen LogP) is 8.58. The Morgan fingerprint density at radius 2 is 0.984 bits per heavy atom. The van der Waals surface area contributed by atoms with Crippen LogP contribution in [0.5, 0.6) is 0 Å². The maximum Gasteiger partial charge on any atom is 0.341 e. The predicted molar refractivity (Wildman–Crippen MR) is 244 cm³/mol. The van der Waals surface area contributed by atoms with Crippen LogP contribution in [0.4, 0.5) is 19.0 Å². The van der Waals surface area contributed by atoms with Crippen LogP contribution in [0, 0.1) is 17.6 Å². The van der Waals surface area contributed by atoms with E-state index in [2.05, 4.69) is 15.3 Å². The number of rotatable bonds is 9. The minimum atomic E-state index is -1.37. The van der Waals surface area contributed by atoms with Gasteiger partial charge in [0.25, 0.3) is 0 Å². The van der Waals surface area contributed by atoms with Crippen LogP contribution >= 0.6 is 0 Å². The highest BCUT2D eigenvalue weighted by atomic mass is 19.1. The first-order valence-electron chi connectivity index (χ1n) is 19.3. The molecule has 4 aromatic heterocycles. The van der Waals surface area contributed by atoms with Crippen molar-refractivity contribution in [1.29, 1.82) is 0 Å². The number of anilines is 1. The van der Waals surface area contributed by atoms with Gasteiger partial charge in [-0.1, -0.05) is 68.1 Å². The lowest BCUT2D eigenvalue weighted by atomic mass is 10.0. The van der Waals surface area contributed by atoms with Crippen LogP contribution in [0.3, 0.4) is 0 Å². The molecular weight excluding hydrogens is 826 g/mol. The van der Waals surface area contributed by atoms with E-state index in [0.717, 1.165) is 45.4 Å². The summed E-state index contributed by atoms with van der Waals surface area (Å²) in [5, 5.41) is 21.5. The van der Waals surface area contributed by atoms with E-state index < -0.39 is 45.9 Å². The van der Waals surface area contributed by atoms with Crippen molar-refractivity contribution in [3.63, 3.8) is 0 Å². The molecule has 4 aromatic carbocycles. The van der Waals surface area contributed by atoms with Gasteiger partial charge in [0.1, 0.15) is 28.6 Å². The van der Waals surface area contributed by atoms with Gasteiger partial charge in [-0.25, -0.2) is 28.3 Å². The molecule has 8 rings (SSSR count). The number of aromatic carboxylic acids is 2. The summed E-state index contributed by atoms with van der Waals surface area (Å²) < 4.78 is 44.8. The number of carboxylic acid groups (broad SMARTS) is 2. The standard InChI is InChI=1S/C24H20FN3O3.C22H14F2N2O3.C2H7N.CH4/c1-27(2)21-11-10-17(12-26-21)16-8-6-15(7-9-16)13-28-14-19(24(30)31)23(29)18-4-3-5-20(25)22(18)28;23-18-3-1-2-16-20(18)26(12-17(21(16)27)22(28)29)11-13-4-6-14(7-5-13)15-8-9-19(24)25-10-15;1-3-2;/h3-12,14H,13H2,1-2H3,(H,30,31);1-10,12H,11H2,(H,28,29);3H,1-2H3;1H4. The average Bonchev–Trinajstić information content (AvgIpc) is 3.27. The summed E-state index contributed by atoms with van der Waals surface area (Å²) >= 11 is 0. The van der Waals surface area contributed by atoms with E-state index in [1.165, 1.54) is 64.0 Å². The maximum atomic E-state index is 14.5. The van der Waals surface area contributed by atoms with Crippen molar-refractivity contribution in [2.75, 3.05) is 33.1 Å². The van der Waals surface area contributed by atoms with Gasteiger partial charge in [-0.2, -0.15) is 4.39 Å². The number of carboxylic acids is 2. The average molecular weight is 871 g/mol. The van der Waals surface area contributed by atoms with Crippen molar-refractivity contribution in [3.8, 4) is 22.3 Å². The molecule has 0 radical (unpaired) electrons. The lowest BCUT2D eigenvalue weighted by Gasteiger charge is -2.14. The lowest BCUT2D eigenvalue weighted by Crippen LogP contribution is -2.19. The summed E-state index contributed by atoms with van der Waals surface area (Å²) in [6.45, 7) is 0.385. The highest BCUT2D eigenvalue weighted by molar-refractivity contribution is 5.93. The first-order chi connectivity index (χ1) is 30.2. The molecule has 8 aromatic rings. The molecule has 64 heavy (non-hydrogen) atoms. The summed E-state index contributed by atoms with van der Waals surface area (Å²) in [5.41, 5.74) is 3.03. The Morgan fingerprint density at radius 1 is 0.594 bits per heavy atom. The highest BCUT2D eigenvalue weighted by Crippen LogP contribution is 2.24. The quantitative estimate of drug-likeness (QED) is 0.120. The first-order valence-corrected chi connectivity index (χ1v) is 19.3. The molecule has 0 atom stereocenters. The molecule has 0 spiro atoms. The Hall–Kier alpha value is -7.91. The number of aromatic nitrogens is 4. The topological polar surface area (TPSA) is 160 Å². The van der Waals surface area contributed by atoms with Crippen LogP contribution in [0.25, 0.3) is 44.1 Å². The Bertz CT molecular complexity index is 3050. The van der Waals surface area contributed by atoms with E-state index in [1.807, 2.05) is 81.6 Å². The first kappa shape index (κ1) is 47.1. The summed E-state index contributed by atoms with van der Waals surface area (Å²) in [6, 6.07) is 29.8. The molecular formula is C49H45F3N6O6. The van der Waals surface area contributed by atoms with Crippen molar-refractivity contribution in [3.05, 3.63) is 194 Å². The monoisotopic (exact) mass is 870 g/mol. The van der Waals surface area contributed by atoms with Crippen LogP contribution in [0.1, 0.15) is 39.3 Å². The second-order valence-electron chi connectivity index (χ2n) is 14.4. The third-order valence-corrected chi connectivity index (χ3v) is 9.77. The number of hydrogen-bond acceptors (Lipinski definition) is 8. The SMILES string of the molecule is C.CN(C)c1ccc(-c2ccc(Cn3cc(C(=O)O)c(=O)c4cccc(F)c43)cc2)cn1.CNC.O=C(O)c1cn(Cc2ccc(-c3ccc(F)nc3)cc2)c2c(F)cccc2c1=O. The number of nitrogens with zero attached hydrogens (tertiary/aromatic N) is 5. The van der Waals surface area contributed by atoms with E-state index >= 15 is 0 Å². The van der Waals surface area contributed by atoms with Gasteiger partial charge in [-0.05, 0) is 84.9 Å². The maximum absolute atomic E-state index is 14.5. The van der Waals surface area contributed by atoms with Gasteiger partial charge < -0.3 is 29.6 Å². The van der Waals surface area contributed by atoms with Crippen LogP contribution in [0.2, 0.25) is 0 Å². The fourth-order valence-corrected chi connectivity index (χ4v) is 6.75. The van der Waals surface area contributed by atoms with Crippen LogP contribution in [0.15, 0.2) is 144 Å². The molecule has 0 aliphatic carbocycles. The summed E-state index contributed by atoms with van der Waals surface area (Å²) in [4.78, 5) is 57.7. The van der Waals surface area contributed by atoms with Gasteiger partial charge >= 0.3 is 11.9 Å². The zero-order valence-electron chi connectivity index (χ0n) is 34.5. The molecule has 0 aliphatic heterocycles. The number of nitrogens with one attached hydrogen (secondary N) is 1. The molecule has 328 valence electrons. The molecule has 0 fully saturated rings. The van der Waals surface area contributed by atoms with Crippen molar-refractivity contribution in [2.24, 2.45) is 0 Å². The van der Waals surface area contributed by atoms with Crippen molar-refractivity contribution in [1.82, 2.24) is 24.4 Å². The zero-order valence-corrected chi connectivity index (χ0v) is 34.5. The number of halogens is 3. The van der Waals surface area contributed by atoms with Gasteiger partial charge in [0.2, 0.25) is 16.8 Å². The lowest BCUT2D eigenvalue weighted by molar-refractivity contribution is 0.0684. The Balaban J connectivity index is 0.000000224. The van der Waals surface area contributed by atoms with Crippen LogP contribution in [-0.2, 0) is 13.1 Å². The van der Waals surface area contributed by atoms with Gasteiger partial charge in [0.15, 0.2) is 0 Å². The molecule has 0 bridgehead atoms. The normalized spacial score (nSPS) is 10.5. The summed E-state index contributed by atoms with van der Waals surface area (Å²) in [7, 11) is 7.60. The smallest absolute Gasteiger partial charge is 0.341 e. The molecule has 0 saturated heterocycles. The van der Waals surface area contributed by atoms with Gasteiger partial charge in [0.05, 0.1) is 11.0 Å². The molecule has 15 heteroatoms. The molecule has 12 nitrogen and oxygen atoms in total. The molecule has 3 N–H and O–H groups in total. The van der Waals surface area contributed by atoms with Gasteiger partial charge in [0, 0.05) is 73.9 Å². The third kappa shape index (κ3) is 10.6. The second-order valence-corrected chi connectivity index (χ2v) is 14.4. The van der Waals surface area contributed by atoms with Crippen molar-refractivity contribution >= 4 is 39.6 Å². The molecule has 4 heterocycles. The van der Waals surface area contributed by atoms with E-state index in [9.17, 15) is 42.6 Å². The number of fused-ring (bicyclic) bond motifs is 2. The summed E-state index contributed by atoms with van der Waals surface area (Å²) in [5.74, 6) is -3.59. The highest BCUT2D eigenvalue weighted by Gasteiger charge is 2.18. The van der Waals surface area contributed by atoms with Crippen molar-refractivity contribution < 1.29 is 33.0 Å². The van der Waals surface area contributed by atoms with E-state index in [0.29, 0.717) is 0 Å². The Labute approximate surface area is 366 Å². The number of para-hydroxylation sites is 2. The number of hydrogen-bond donors (Lipinski definition) is 3. The number of benzene rings is 4. The van der Waals surface area contributed by atoms with E-state index in [-0.39, 0.29) is 47.9 Å². The minimum Gasteiger partial charge on any atom is -0.477 e. The number of carbonyl (C=O) groups is 2. The Morgan fingerprint density at radius 3 is 1.33 bits per heavy atom. The summed E-state index contributed by atoms with van der Waals surface area (Å²) in [6.07, 6.45) is 5.59. The zero-order chi connectivity index (χ0) is 45.4. The molecule has 0 saturated carbocycles. The molecule has 0 unspecified atom stereocenters. The third-order valence-electron chi connectivity index (χ3n) is 9.77. The van der Waals surface area contributed by atoms with Gasteiger partial charge in [-0.15, -0.1) is 0 Å². The largest absolute Gasteiger partial charge is 0.477 e. The Kier molecular flexibility index (Phi) is 15.3.